The number of hydrazone groups is 1. The monoisotopic (exact) mass is 541 g/mol. The minimum absolute atomic E-state index is 0.108. The molecule has 9 heteroatoms. The molecule has 2 unspecified atom stereocenters. The molecular weight excluding hydrogens is 506 g/mol. The van der Waals surface area contributed by atoms with Gasteiger partial charge in [0.05, 0.1) is 25.5 Å². The molecule has 9 nitrogen and oxygen atoms in total. The maximum Gasteiger partial charge on any atom is 0.293 e. The molecule has 40 heavy (non-hydrogen) atoms. The molecule has 208 valence electrons. The summed E-state index contributed by atoms with van der Waals surface area (Å²) in [7, 11) is 1.66. The van der Waals surface area contributed by atoms with Gasteiger partial charge in [0, 0.05) is 29.6 Å². The Morgan fingerprint density at radius 3 is 2.50 bits per heavy atom. The summed E-state index contributed by atoms with van der Waals surface area (Å²) in [6, 6.07) is 14.8. The van der Waals surface area contributed by atoms with Crippen LogP contribution in [0, 0.1) is 5.92 Å². The van der Waals surface area contributed by atoms with Crippen LogP contribution in [-0.4, -0.2) is 52.1 Å². The number of ether oxygens (including phenoxy) is 2. The quantitative estimate of drug-likeness (QED) is 0.349. The molecule has 0 bridgehead atoms. The molecule has 2 heterocycles. The topological polar surface area (TPSA) is 106 Å². The fourth-order valence-electron chi connectivity index (χ4n) is 5.35. The summed E-state index contributed by atoms with van der Waals surface area (Å²) in [6.45, 7) is 2.59. The van der Waals surface area contributed by atoms with E-state index in [4.69, 9.17) is 14.6 Å². The number of rotatable bonds is 10. The van der Waals surface area contributed by atoms with Crippen molar-refractivity contribution in [1.82, 2.24) is 15.0 Å². The second-order valence-corrected chi connectivity index (χ2v) is 10.2. The Bertz CT molecular complexity index is 1340. The molecule has 0 spiro atoms. The highest BCUT2D eigenvalue weighted by atomic mass is 16.5. The fourth-order valence-corrected chi connectivity index (χ4v) is 5.35. The second kappa shape index (κ2) is 12.7. The predicted molar refractivity (Wildman–Crippen MR) is 153 cm³/mol. The first kappa shape index (κ1) is 27.3. The molecule has 0 radical (unpaired) electrons. The maximum absolute atomic E-state index is 12.4. The number of hydrogen-bond acceptors (Lipinski definition) is 8. The molecule has 1 aliphatic heterocycles. The molecule has 5 rings (SSSR count). The zero-order valence-electron chi connectivity index (χ0n) is 23.0. The molecule has 2 atom stereocenters. The first-order chi connectivity index (χ1) is 19.6. The van der Waals surface area contributed by atoms with E-state index in [1.165, 1.54) is 25.2 Å². The normalized spacial score (nSPS) is 19.1. The van der Waals surface area contributed by atoms with Gasteiger partial charge in [0.2, 0.25) is 5.82 Å². The van der Waals surface area contributed by atoms with E-state index in [0.717, 1.165) is 48.1 Å². The van der Waals surface area contributed by atoms with Crippen molar-refractivity contribution in [3.05, 3.63) is 77.9 Å². The summed E-state index contributed by atoms with van der Waals surface area (Å²) in [5.74, 6) is 1.34. The number of anilines is 1. The Balaban J connectivity index is 1.35. The van der Waals surface area contributed by atoms with Crippen LogP contribution in [0.2, 0.25) is 0 Å². The lowest BCUT2D eigenvalue weighted by Crippen LogP contribution is -2.41. The van der Waals surface area contributed by atoms with E-state index < -0.39 is 0 Å². The third-order valence-corrected chi connectivity index (χ3v) is 7.56. The molecular formula is C31H35N5O4. The third kappa shape index (κ3) is 6.30. The molecule has 1 aromatic heterocycles. The number of amides is 1. The van der Waals surface area contributed by atoms with Gasteiger partial charge in [0.25, 0.3) is 5.91 Å². The average Bonchev–Trinajstić information content (AvgIpc) is 3.51. The Labute approximate surface area is 234 Å². The first-order valence-electron chi connectivity index (χ1n) is 13.9. The van der Waals surface area contributed by atoms with Gasteiger partial charge in [-0.1, -0.05) is 19.1 Å². The molecule has 1 amide bonds. The van der Waals surface area contributed by atoms with Crippen LogP contribution in [0.1, 0.15) is 67.2 Å². The Hall–Kier alpha value is -4.27. The number of hydrogen-bond donors (Lipinski definition) is 1. The number of benzene rings is 2. The number of carbonyl (C=O) groups excluding carboxylic acids is 2. The SMILES string of the molecule is CCC1CC(C=O)N(Cc2ccc(NC(=O)c3ncccn3)cc2)N=C1c1ccc(OC)c(OC2CCCC2)c1. The number of carbonyl (C=O) groups is 2. The van der Waals surface area contributed by atoms with Crippen LogP contribution < -0.4 is 14.8 Å². The Morgan fingerprint density at radius 1 is 1.07 bits per heavy atom. The van der Waals surface area contributed by atoms with E-state index in [-0.39, 0.29) is 29.8 Å². The van der Waals surface area contributed by atoms with Crippen molar-refractivity contribution < 1.29 is 19.1 Å². The van der Waals surface area contributed by atoms with Gasteiger partial charge >= 0.3 is 0 Å². The smallest absolute Gasteiger partial charge is 0.293 e. The molecule has 3 aromatic rings. The number of nitrogens with zero attached hydrogens (tertiary/aromatic N) is 4. The van der Waals surface area contributed by atoms with E-state index in [1.807, 2.05) is 47.5 Å². The Kier molecular flexibility index (Phi) is 8.68. The second-order valence-electron chi connectivity index (χ2n) is 10.2. The van der Waals surface area contributed by atoms with Gasteiger partial charge < -0.3 is 19.6 Å². The molecule has 0 saturated heterocycles. The highest BCUT2D eigenvalue weighted by molar-refractivity contribution is 6.03. The predicted octanol–water partition coefficient (Wildman–Crippen LogP) is 5.26. The number of methoxy groups -OCH3 is 1. The van der Waals surface area contributed by atoms with Crippen LogP contribution in [0.5, 0.6) is 11.5 Å². The van der Waals surface area contributed by atoms with Crippen LogP contribution in [0.15, 0.2) is 66.0 Å². The van der Waals surface area contributed by atoms with E-state index in [0.29, 0.717) is 24.4 Å². The van der Waals surface area contributed by atoms with Crippen molar-refractivity contribution in [2.24, 2.45) is 11.0 Å². The third-order valence-electron chi connectivity index (χ3n) is 7.56. The average molecular weight is 542 g/mol. The number of aromatic nitrogens is 2. The van der Waals surface area contributed by atoms with Gasteiger partial charge in [0.15, 0.2) is 11.5 Å². The first-order valence-corrected chi connectivity index (χ1v) is 13.9. The zero-order valence-corrected chi connectivity index (χ0v) is 23.0. The minimum Gasteiger partial charge on any atom is -0.493 e. The van der Waals surface area contributed by atoms with Crippen LogP contribution in [0.4, 0.5) is 5.69 Å². The van der Waals surface area contributed by atoms with Gasteiger partial charge in [0.1, 0.15) is 12.3 Å². The summed E-state index contributed by atoms with van der Waals surface area (Å²) in [5.41, 5.74) is 3.54. The van der Waals surface area contributed by atoms with E-state index in [2.05, 4.69) is 22.2 Å². The van der Waals surface area contributed by atoms with Gasteiger partial charge in [-0.15, -0.1) is 0 Å². The molecule has 1 fully saturated rings. The van der Waals surface area contributed by atoms with Crippen molar-refractivity contribution in [1.29, 1.82) is 0 Å². The van der Waals surface area contributed by atoms with Crippen molar-refractivity contribution >= 4 is 23.6 Å². The lowest BCUT2D eigenvalue weighted by atomic mass is 9.87. The van der Waals surface area contributed by atoms with Crippen LogP contribution in [0.25, 0.3) is 0 Å². The summed E-state index contributed by atoms with van der Waals surface area (Å²) < 4.78 is 11.9. The van der Waals surface area contributed by atoms with Gasteiger partial charge in [-0.05, 0) is 80.5 Å². The van der Waals surface area contributed by atoms with Crippen molar-refractivity contribution in [2.45, 2.75) is 64.1 Å². The standard InChI is InChI=1S/C31H35N5O4/c1-3-22-17-25(20-37)36(19-21-9-12-24(13-10-21)34-31(38)30-32-15-6-16-33-30)35-29(22)23-11-14-27(39-2)28(18-23)40-26-7-4-5-8-26/h6,9-16,18,20,22,25-26H,3-5,7-8,17,19H2,1-2H3,(H,34,38). The highest BCUT2D eigenvalue weighted by Crippen LogP contribution is 2.35. The van der Waals surface area contributed by atoms with Crippen molar-refractivity contribution in [3.8, 4) is 11.5 Å². The zero-order chi connectivity index (χ0) is 27.9. The van der Waals surface area contributed by atoms with Gasteiger partial charge in [-0.3, -0.25) is 9.80 Å². The van der Waals surface area contributed by atoms with Crippen LogP contribution in [0.3, 0.4) is 0 Å². The number of nitrogens with one attached hydrogen (secondary N) is 1. The lowest BCUT2D eigenvalue weighted by molar-refractivity contribution is -0.113. The molecule has 1 saturated carbocycles. The van der Waals surface area contributed by atoms with E-state index in [9.17, 15) is 9.59 Å². The van der Waals surface area contributed by atoms with Crippen LogP contribution in [-0.2, 0) is 11.3 Å². The van der Waals surface area contributed by atoms with Gasteiger partial charge in [-0.2, -0.15) is 5.10 Å². The molecule has 2 aromatic carbocycles. The summed E-state index contributed by atoms with van der Waals surface area (Å²) in [4.78, 5) is 32.4. The van der Waals surface area contributed by atoms with Gasteiger partial charge in [-0.25, -0.2) is 9.97 Å². The maximum atomic E-state index is 12.4. The molecule has 1 aliphatic carbocycles. The van der Waals surface area contributed by atoms with Crippen molar-refractivity contribution in [3.63, 3.8) is 0 Å². The van der Waals surface area contributed by atoms with E-state index >= 15 is 0 Å². The largest absolute Gasteiger partial charge is 0.493 e. The summed E-state index contributed by atoms with van der Waals surface area (Å²) in [6.07, 6.45) is 10.3. The number of aldehydes is 1. The molecule has 2 aliphatic rings. The van der Waals surface area contributed by atoms with Crippen molar-refractivity contribution in [2.75, 3.05) is 12.4 Å². The Morgan fingerprint density at radius 2 is 1.82 bits per heavy atom. The van der Waals surface area contributed by atoms with Crippen LogP contribution >= 0.6 is 0 Å². The highest BCUT2D eigenvalue weighted by Gasteiger charge is 2.31. The fraction of sp³-hybridized carbons (Fsp3) is 0.387. The minimum atomic E-state index is -0.374. The lowest BCUT2D eigenvalue weighted by Gasteiger charge is -2.35. The van der Waals surface area contributed by atoms with E-state index in [1.54, 1.807) is 13.2 Å². The molecule has 1 N–H and O–H groups in total. The summed E-state index contributed by atoms with van der Waals surface area (Å²) >= 11 is 0. The summed E-state index contributed by atoms with van der Waals surface area (Å²) in [5, 5.41) is 9.70.